The number of amides is 1. The lowest BCUT2D eigenvalue weighted by molar-refractivity contribution is 0.102. The molecule has 0 aliphatic carbocycles. The minimum atomic E-state index is -0.298. The van der Waals surface area contributed by atoms with Crippen LogP contribution in [0.25, 0.3) is 22.4 Å². The minimum Gasteiger partial charge on any atom is -0.454 e. The number of carbonyl (C=O) groups excluding carboxylic acids is 1. The fraction of sp³-hybridized carbons (Fsp3) is 0.105. The highest BCUT2D eigenvalue weighted by atomic mass is 35.5. The third-order valence-electron chi connectivity index (χ3n) is 3.90. The molecule has 1 aromatic carbocycles. The Morgan fingerprint density at radius 2 is 2.00 bits per heavy atom. The van der Waals surface area contributed by atoms with Gasteiger partial charge in [-0.15, -0.1) is 11.3 Å². The number of rotatable bonds is 4. The number of nitrogens with one attached hydrogen (secondary N) is 1. The molecule has 0 unspecified atom stereocenters. The fourth-order valence-corrected chi connectivity index (χ4v) is 3.46. The number of carbonyl (C=O) groups is 1. The van der Waals surface area contributed by atoms with Crippen LogP contribution in [0.5, 0.6) is 0 Å². The van der Waals surface area contributed by atoms with E-state index in [9.17, 15) is 4.79 Å². The van der Waals surface area contributed by atoms with Gasteiger partial charge < -0.3 is 9.32 Å². The van der Waals surface area contributed by atoms with Crippen LogP contribution in [-0.4, -0.2) is 30.0 Å². The zero-order chi connectivity index (χ0) is 19.0. The van der Waals surface area contributed by atoms with E-state index in [1.54, 1.807) is 11.0 Å². The van der Waals surface area contributed by atoms with Gasteiger partial charge in [0.2, 0.25) is 0 Å². The van der Waals surface area contributed by atoms with Gasteiger partial charge in [-0.3, -0.25) is 10.1 Å². The van der Waals surface area contributed by atoms with Crippen LogP contribution in [0.1, 0.15) is 10.4 Å². The highest BCUT2D eigenvalue weighted by Gasteiger charge is 2.14. The first-order chi connectivity index (χ1) is 13.0. The molecule has 27 heavy (non-hydrogen) atoms. The lowest BCUT2D eigenvalue weighted by atomic mass is 10.2. The van der Waals surface area contributed by atoms with Crippen molar-refractivity contribution in [2.45, 2.75) is 0 Å². The summed E-state index contributed by atoms with van der Waals surface area (Å²) in [6.07, 6.45) is 0. The number of benzene rings is 1. The molecule has 0 fully saturated rings. The number of thiazole rings is 1. The van der Waals surface area contributed by atoms with Crippen LogP contribution in [0, 0.1) is 0 Å². The van der Waals surface area contributed by atoms with Crippen LogP contribution in [0.3, 0.4) is 0 Å². The van der Waals surface area contributed by atoms with Crippen molar-refractivity contribution in [1.29, 1.82) is 0 Å². The monoisotopic (exact) mass is 398 g/mol. The zero-order valence-electron chi connectivity index (χ0n) is 14.6. The Hall–Kier alpha value is -2.90. The molecule has 1 N–H and O–H groups in total. The van der Waals surface area contributed by atoms with E-state index in [0.29, 0.717) is 28.0 Å². The van der Waals surface area contributed by atoms with Gasteiger partial charge in [0, 0.05) is 30.4 Å². The Morgan fingerprint density at radius 3 is 2.78 bits per heavy atom. The zero-order valence-corrected chi connectivity index (χ0v) is 16.1. The Morgan fingerprint density at radius 1 is 1.19 bits per heavy atom. The molecule has 0 aliphatic rings. The number of para-hydroxylation sites is 1. The number of halogens is 1. The number of hydrogen-bond donors (Lipinski definition) is 1. The molecule has 6 nitrogen and oxygen atoms in total. The van der Waals surface area contributed by atoms with Crippen molar-refractivity contribution < 1.29 is 9.21 Å². The van der Waals surface area contributed by atoms with Gasteiger partial charge in [0.1, 0.15) is 22.2 Å². The van der Waals surface area contributed by atoms with Crippen molar-refractivity contribution in [3.63, 3.8) is 0 Å². The van der Waals surface area contributed by atoms with Gasteiger partial charge in [0.15, 0.2) is 10.9 Å². The van der Waals surface area contributed by atoms with Crippen molar-refractivity contribution in [2.75, 3.05) is 24.3 Å². The number of hydrogen-bond acceptors (Lipinski definition) is 6. The molecule has 0 spiro atoms. The van der Waals surface area contributed by atoms with Gasteiger partial charge in [-0.05, 0) is 24.3 Å². The molecule has 4 aromatic rings. The third kappa shape index (κ3) is 3.65. The molecule has 0 aliphatic heterocycles. The van der Waals surface area contributed by atoms with E-state index in [1.807, 2.05) is 49.8 Å². The first kappa shape index (κ1) is 17.5. The number of fused-ring (bicyclic) bond motifs is 1. The van der Waals surface area contributed by atoms with E-state index in [2.05, 4.69) is 15.3 Å². The molecule has 3 heterocycles. The van der Waals surface area contributed by atoms with Crippen molar-refractivity contribution in [1.82, 2.24) is 9.97 Å². The van der Waals surface area contributed by atoms with Crippen LogP contribution in [-0.2, 0) is 0 Å². The first-order valence-corrected chi connectivity index (χ1v) is 9.36. The molecule has 0 saturated carbocycles. The summed E-state index contributed by atoms with van der Waals surface area (Å²) >= 11 is 7.35. The maximum atomic E-state index is 12.6. The summed E-state index contributed by atoms with van der Waals surface area (Å²) < 4.78 is 5.82. The largest absolute Gasteiger partial charge is 0.454 e. The average molecular weight is 399 g/mol. The van der Waals surface area contributed by atoms with E-state index in [0.717, 1.165) is 11.0 Å². The molecule has 4 rings (SSSR count). The van der Waals surface area contributed by atoms with Crippen LogP contribution in [0.4, 0.5) is 10.9 Å². The Bertz CT molecular complexity index is 1100. The first-order valence-electron chi connectivity index (χ1n) is 8.10. The predicted octanol–water partition coefficient (Wildman–Crippen LogP) is 4.92. The highest BCUT2D eigenvalue weighted by molar-refractivity contribution is 7.14. The second-order valence-corrected chi connectivity index (χ2v) is 7.32. The fourth-order valence-electron chi connectivity index (χ4n) is 2.56. The van der Waals surface area contributed by atoms with E-state index < -0.39 is 0 Å². The maximum absolute atomic E-state index is 12.6. The van der Waals surface area contributed by atoms with E-state index >= 15 is 0 Å². The van der Waals surface area contributed by atoms with Crippen molar-refractivity contribution in [3.05, 3.63) is 58.6 Å². The number of pyridine rings is 1. The Kier molecular flexibility index (Phi) is 4.55. The third-order valence-corrected chi connectivity index (χ3v) is 4.85. The van der Waals surface area contributed by atoms with Crippen LogP contribution in [0.15, 0.2) is 52.3 Å². The van der Waals surface area contributed by atoms with E-state index in [4.69, 9.17) is 16.0 Å². The SMILES string of the molecule is CN(C)c1cc(C(=O)Nc2nc(-c3cc4ccccc4o3)cs2)cc(Cl)n1. The topological polar surface area (TPSA) is 71.3 Å². The van der Waals surface area contributed by atoms with Crippen molar-refractivity contribution in [3.8, 4) is 11.5 Å². The summed E-state index contributed by atoms with van der Waals surface area (Å²) in [5.74, 6) is 0.970. The smallest absolute Gasteiger partial charge is 0.257 e. The second kappa shape index (κ2) is 7.02. The highest BCUT2D eigenvalue weighted by Crippen LogP contribution is 2.30. The van der Waals surface area contributed by atoms with Gasteiger partial charge in [0.05, 0.1) is 0 Å². The quantitative estimate of drug-likeness (QED) is 0.494. The molecule has 3 aromatic heterocycles. The van der Waals surface area contributed by atoms with Gasteiger partial charge in [-0.1, -0.05) is 29.8 Å². The molecule has 0 saturated heterocycles. The van der Waals surface area contributed by atoms with Crippen LogP contribution >= 0.6 is 22.9 Å². The molecule has 1 amide bonds. The van der Waals surface area contributed by atoms with Gasteiger partial charge in [-0.2, -0.15) is 0 Å². The van der Waals surface area contributed by atoms with Gasteiger partial charge >= 0.3 is 0 Å². The number of nitrogens with zero attached hydrogens (tertiary/aromatic N) is 3. The molecule has 8 heteroatoms. The van der Waals surface area contributed by atoms with Gasteiger partial charge in [0.25, 0.3) is 5.91 Å². The predicted molar refractivity (Wildman–Crippen MR) is 109 cm³/mol. The molecule has 0 radical (unpaired) electrons. The molecule has 0 atom stereocenters. The average Bonchev–Trinajstić information content (AvgIpc) is 3.27. The van der Waals surface area contributed by atoms with Crippen LogP contribution in [0.2, 0.25) is 5.15 Å². The van der Waals surface area contributed by atoms with Crippen LogP contribution < -0.4 is 10.2 Å². The van der Waals surface area contributed by atoms with E-state index in [1.165, 1.54) is 17.4 Å². The summed E-state index contributed by atoms with van der Waals surface area (Å²) in [7, 11) is 3.67. The Balaban J connectivity index is 1.56. The maximum Gasteiger partial charge on any atom is 0.257 e. The number of anilines is 2. The lowest BCUT2D eigenvalue weighted by Crippen LogP contribution is -2.15. The van der Waals surface area contributed by atoms with Crippen molar-refractivity contribution >= 4 is 50.8 Å². The van der Waals surface area contributed by atoms with Gasteiger partial charge in [-0.25, -0.2) is 9.97 Å². The number of aromatic nitrogens is 2. The van der Waals surface area contributed by atoms with E-state index in [-0.39, 0.29) is 11.1 Å². The summed E-state index contributed by atoms with van der Waals surface area (Å²) in [5.41, 5.74) is 1.89. The molecule has 136 valence electrons. The second-order valence-electron chi connectivity index (χ2n) is 6.07. The lowest BCUT2D eigenvalue weighted by Gasteiger charge is -2.12. The normalized spacial score (nSPS) is 10.9. The summed E-state index contributed by atoms with van der Waals surface area (Å²) in [6.45, 7) is 0. The summed E-state index contributed by atoms with van der Waals surface area (Å²) in [6, 6.07) is 12.9. The Labute approximate surface area is 164 Å². The van der Waals surface area contributed by atoms with Crippen molar-refractivity contribution in [2.24, 2.45) is 0 Å². The molecular weight excluding hydrogens is 384 g/mol. The summed E-state index contributed by atoms with van der Waals surface area (Å²) in [4.78, 5) is 23.0. The standard InChI is InChI=1S/C19H15ClN4O2S/c1-24(2)17-9-12(8-16(20)22-17)18(25)23-19-21-13(10-27-19)15-7-11-5-3-4-6-14(11)26-15/h3-10H,1-2H3,(H,21,23,25). The molecule has 0 bridgehead atoms. The molecular formula is C19H15ClN4O2S. The summed E-state index contributed by atoms with van der Waals surface area (Å²) in [5, 5.41) is 6.39. The minimum absolute atomic E-state index is 0.258. The number of furan rings is 1.